The number of hydrogen-bond donors (Lipinski definition) is 0. The lowest BCUT2D eigenvalue weighted by molar-refractivity contribution is 0.595. The van der Waals surface area contributed by atoms with E-state index in [1.54, 1.807) is 18.2 Å². The monoisotopic (exact) mass is 295 g/mol. The third-order valence-corrected chi connectivity index (χ3v) is 4.93. The smallest absolute Gasteiger partial charge is 0.224 e. The Hall–Kier alpha value is -1.66. The fourth-order valence-corrected chi connectivity index (χ4v) is 3.59. The van der Waals surface area contributed by atoms with E-state index in [1.165, 1.54) is 12.5 Å². The largest absolute Gasteiger partial charge is 0.269 e. The minimum Gasteiger partial charge on any atom is -0.224 e. The van der Waals surface area contributed by atoms with Crippen molar-refractivity contribution in [3.8, 4) is 0 Å². The second-order valence-electron chi connectivity index (χ2n) is 4.10. The maximum absolute atomic E-state index is 12.5. The van der Waals surface area contributed by atoms with Crippen molar-refractivity contribution in [3.05, 3.63) is 46.9 Å². The van der Waals surface area contributed by atoms with Gasteiger partial charge < -0.3 is 0 Å². The van der Waals surface area contributed by atoms with Crippen molar-refractivity contribution < 1.29 is 8.42 Å². The van der Waals surface area contributed by atoms with E-state index in [9.17, 15) is 8.42 Å². The lowest BCUT2D eigenvalue weighted by Crippen LogP contribution is -2.14. The molecule has 19 heavy (non-hydrogen) atoms. The number of nitrogens with zero attached hydrogens (tertiary/aromatic N) is 3. The van der Waals surface area contributed by atoms with Gasteiger partial charge in [0.15, 0.2) is 5.65 Å². The minimum atomic E-state index is -3.62. The fourth-order valence-electron chi connectivity index (χ4n) is 1.99. The van der Waals surface area contributed by atoms with Crippen LogP contribution in [0.25, 0.3) is 11.0 Å². The summed E-state index contributed by atoms with van der Waals surface area (Å²) in [7, 11) is -3.62. The molecule has 0 aromatic carbocycles. The highest BCUT2D eigenvalue weighted by Crippen LogP contribution is 2.25. The predicted octanol–water partition coefficient (Wildman–Crippen LogP) is 2.50. The standard InChI is InChI=1S/C12H10ClN3O2S/c13-11-10-6-7-16(12(10)15-8-14-11)19(17,18)9-4-2-1-3-5-9/h2,4-8H,1,3H2. The van der Waals surface area contributed by atoms with Gasteiger partial charge in [-0.15, -0.1) is 0 Å². The van der Waals surface area contributed by atoms with E-state index in [4.69, 9.17) is 11.6 Å². The maximum Gasteiger partial charge on any atom is 0.269 e. The van der Waals surface area contributed by atoms with Crippen LogP contribution in [0.3, 0.4) is 0 Å². The van der Waals surface area contributed by atoms with E-state index < -0.39 is 10.0 Å². The number of aromatic nitrogens is 3. The first-order valence-corrected chi connectivity index (χ1v) is 7.52. The van der Waals surface area contributed by atoms with Crippen molar-refractivity contribution in [2.45, 2.75) is 12.8 Å². The summed E-state index contributed by atoms with van der Waals surface area (Å²) in [5, 5.41) is 0.764. The topological polar surface area (TPSA) is 64.8 Å². The van der Waals surface area contributed by atoms with Crippen LogP contribution in [0.4, 0.5) is 0 Å². The van der Waals surface area contributed by atoms with Gasteiger partial charge in [0.25, 0.3) is 10.0 Å². The van der Waals surface area contributed by atoms with Gasteiger partial charge in [0, 0.05) is 6.20 Å². The number of halogens is 1. The summed E-state index contributed by atoms with van der Waals surface area (Å²) in [6.45, 7) is 0. The molecule has 2 aromatic heterocycles. The molecule has 0 amide bonds. The molecule has 0 fully saturated rings. The van der Waals surface area contributed by atoms with Crippen LogP contribution in [0.5, 0.6) is 0 Å². The third kappa shape index (κ3) is 1.97. The molecule has 0 spiro atoms. The Morgan fingerprint density at radius 3 is 2.84 bits per heavy atom. The number of hydrogen-bond acceptors (Lipinski definition) is 4. The molecule has 7 heteroatoms. The van der Waals surface area contributed by atoms with Gasteiger partial charge in [-0.2, -0.15) is 0 Å². The Kier molecular flexibility index (Phi) is 2.91. The summed E-state index contributed by atoms with van der Waals surface area (Å²) in [4.78, 5) is 8.12. The normalized spacial score (nSPS) is 15.7. The van der Waals surface area contributed by atoms with Crippen molar-refractivity contribution in [2.24, 2.45) is 0 Å². The summed E-state index contributed by atoms with van der Waals surface area (Å²) in [5.74, 6) is 0. The number of fused-ring (bicyclic) bond motifs is 1. The van der Waals surface area contributed by atoms with Gasteiger partial charge in [0.2, 0.25) is 0 Å². The molecule has 1 aliphatic rings. The van der Waals surface area contributed by atoms with Crippen LogP contribution in [-0.2, 0) is 10.0 Å². The highest BCUT2D eigenvalue weighted by atomic mass is 35.5. The van der Waals surface area contributed by atoms with Gasteiger partial charge in [-0.05, 0) is 25.0 Å². The fraction of sp³-hybridized carbons (Fsp3) is 0.167. The summed E-state index contributed by atoms with van der Waals surface area (Å²) >= 11 is 5.92. The highest BCUT2D eigenvalue weighted by molar-refractivity contribution is 7.94. The van der Waals surface area contributed by atoms with Crippen LogP contribution in [0, 0.1) is 0 Å². The third-order valence-electron chi connectivity index (χ3n) is 2.92. The molecule has 1 aliphatic carbocycles. The van der Waals surface area contributed by atoms with Crippen LogP contribution >= 0.6 is 11.6 Å². The first-order chi connectivity index (χ1) is 9.10. The molecule has 0 radical (unpaired) electrons. The molecule has 3 rings (SSSR count). The highest BCUT2D eigenvalue weighted by Gasteiger charge is 2.22. The van der Waals surface area contributed by atoms with E-state index >= 15 is 0 Å². The van der Waals surface area contributed by atoms with Crippen molar-refractivity contribution >= 4 is 32.7 Å². The summed E-state index contributed by atoms with van der Waals surface area (Å²) in [6.07, 6.45) is 9.46. The van der Waals surface area contributed by atoms with E-state index in [-0.39, 0.29) is 10.1 Å². The number of rotatable bonds is 2. The Morgan fingerprint density at radius 2 is 2.11 bits per heavy atom. The molecule has 0 unspecified atom stereocenters. The van der Waals surface area contributed by atoms with Crippen molar-refractivity contribution in [1.82, 2.24) is 13.9 Å². The van der Waals surface area contributed by atoms with Crippen LogP contribution in [0.1, 0.15) is 12.8 Å². The van der Waals surface area contributed by atoms with Crippen LogP contribution in [0.15, 0.2) is 41.7 Å². The molecule has 5 nitrogen and oxygen atoms in total. The molecular formula is C12H10ClN3O2S. The predicted molar refractivity (Wildman–Crippen MR) is 73.3 cm³/mol. The Balaban J connectivity index is 2.22. The number of allylic oxidation sites excluding steroid dienone is 3. The van der Waals surface area contributed by atoms with Gasteiger partial charge in [-0.3, -0.25) is 0 Å². The minimum absolute atomic E-state index is 0.243. The van der Waals surface area contributed by atoms with Crippen molar-refractivity contribution in [1.29, 1.82) is 0 Å². The summed E-state index contributed by atoms with van der Waals surface area (Å²) < 4.78 is 26.2. The summed E-state index contributed by atoms with van der Waals surface area (Å²) in [6, 6.07) is 1.60. The molecule has 0 atom stereocenters. The van der Waals surface area contributed by atoms with Crippen LogP contribution < -0.4 is 0 Å². The van der Waals surface area contributed by atoms with Gasteiger partial charge in [-0.1, -0.05) is 23.8 Å². The molecule has 2 heterocycles. The quantitative estimate of drug-likeness (QED) is 0.799. The van der Waals surface area contributed by atoms with E-state index in [1.807, 2.05) is 6.08 Å². The zero-order valence-electron chi connectivity index (χ0n) is 9.82. The van der Waals surface area contributed by atoms with E-state index in [0.717, 1.165) is 16.8 Å². The van der Waals surface area contributed by atoms with E-state index in [2.05, 4.69) is 9.97 Å². The molecule has 2 aromatic rings. The Bertz CT molecular complexity index is 805. The SMILES string of the molecule is O=S(=O)(C1=CCCC=C1)n1ccc2c(Cl)ncnc21. The first kappa shape index (κ1) is 12.4. The Labute approximate surface area is 115 Å². The molecule has 98 valence electrons. The molecule has 0 N–H and O–H groups in total. The van der Waals surface area contributed by atoms with E-state index in [0.29, 0.717) is 11.0 Å². The van der Waals surface area contributed by atoms with Crippen molar-refractivity contribution in [2.75, 3.05) is 0 Å². The van der Waals surface area contributed by atoms with Gasteiger partial charge in [-0.25, -0.2) is 22.4 Å². The zero-order chi connectivity index (χ0) is 13.5. The van der Waals surface area contributed by atoms with Gasteiger partial charge >= 0.3 is 0 Å². The lowest BCUT2D eigenvalue weighted by Gasteiger charge is -2.10. The average Bonchev–Trinajstić information content (AvgIpc) is 2.86. The van der Waals surface area contributed by atoms with Gasteiger partial charge in [0.05, 0.1) is 10.3 Å². The lowest BCUT2D eigenvalue weighted by atomic mass is 10.2. The molecule has 0 bridgehead atoms. The first-order valence-electron chi connectivity index (χ1n) is 5.70. The molecular weight excluding hydrogens is 286 g/mol. The second-order valence-corrected chi connectivity index (χ2v) is 6.28. The van der Waals surface area contributed by atoms with Crippen LogP contribution in [-0.4, -0.2) is 22.4 Å². The summed E-state index contributed by atoms with van der Waals surface area (Å²) in [5.41, 5.74) is 0.292. The zero-order valence-corrected chi connectivity index (χ0v) is 11.4. The average molecular weight is 296 g/mol. The maximum atomic E-state index is 12.5. The van der Waals surface area contributed by atoms with Crippen LogP contribution in [0.2, 0.25) is 5.15 Å². The van der Waals surface area contributed by atoms with Gasteiger partial charge in [0.1, 0.15) is 11.5 Å². The molecule has 0 saturated heterocycles. The van der Waals surface area contributed by atoms with Crippen molar-refractivity contribution in [3.63, 3.8) is 0 Å². The second kappa shape index (κ2) is 4.47. The molecule has 0 aliphatic heterocycles. The molecule has 0 saturated carbocycles. The Morgan fingerprint density at radius 1 is 1.26 bits per heavy atom.